The van der Waals surface area contributed by atoms with Crippen LogP contribution in [0.25, 0.3) is 0 Å². The first-order valence-corrected chi connectivity index (χ1v) is 5.90. The fraction of sp³-hybridized carbons (Fsp3) is 0.545. The number of hydrogen-bond donors (Lipinski definition) is 1. The highest BCUT2D eigenvalue weighted by molar-refractivity contribution is 7.09. The van der Waals surface area contributed by atoms with Crippen LogP contribution in [0.2, 0.25) is 0 Å². The summed E-state index contributed by atoms with van der Waals surface area (Å²) in [7, 11) is 0. The molecule has 0 aliphatic heterocycles. The van der Waals surface area contributed by atoms with Crippen LogP contribution in [0.4, 0.5) is 0 Å². The molecule has 0 bridgehead atoms. The van der Waals surface area contributed by atoms with E-state index in [0.29, 0.717) is 5.92 Å². The van der Waals surface area contributed by atoms with Gasteiger partial charge in [0.1, 0.15) is 0 Å². The molecule has 2 nitrogen and oxygen atoms in total. The second kappa shape index (κ2) is 4.13. The number of rotatable bonds is 3. The molecular formula is C11H14O2S. The number of carboxylic acid groups (broad SMARTS) is 1. The standard InChI is InChI=1S/C11H14O2S/c12-11(13)10-5-1-3-8(10)7-9-4-2-6-14-9/h2,4,6,8,10H,1,3,5,7H2,(H,12,13). The van der Waals surface area contributed by atoms with Gasteiger partial charge in [0, 0.05) is 4.88 Å². The van der Waals surface area contributed by atoms with Gasteiger partial charge in [-0.2, -0.15) is 0 Å². The predicted molar refractivity (Wildman–Crippen MR) is 56.5 cm³/mol. The maximum Gasteiger partial charge on any atom is 0.306 e. The van der Waals surface area contributed by atoms with E-state index in [4.69, 9.17) is 5.11 Å². The molecule has 1 aromatic heterocycles. The summed E-state index contributed by atoms with van der Waals surface area (Å²) in [5, 5.41) is 11.1. The number of carbonyl (C=O) groups is 1. The molecule has 2 rings (SSSR count). The van der Waals surface area contributed by atoms with E-state index < -0.39 is 5.97 Å². The van der Waals surface area contributed by atoms with Crippen LogP contribution in [0.3, 0.4) is 0 Å². The predicted octanol–water partition coefficient (Wildman–Crippen LogP) is 2.79. The molecule has 0 saturated heterocycles. The van der Waals surface area contributed by atoms with E-state index in [1.165, 1.54) is 4.88 Å². The molecule has 1 N–H and O–H groups in total. The number of aliphatic carboxylic acids is 1. The van der Waals surface area contributed by atoms with Crippen molar-refractivity contribution in [3.05, 3.63) is 22.4 Å². The summed E-state index contributed by atoms with van der Waals surface area (Å²) in [5.41, 5.74) is 0. The smallest absolute Gasteiger partial charge is 0.306 e. The van der Waals surface area contributed by atoms with E-state index in [9.17, 15) is 4.79 Å². The Hall–Kier alpha value is -0.830. The van der Waals surface area contributed by atoms with Crippen LogP contribution in [0.15, 0.2) is 17.5 Å². The van der Waals surface area contributed by atoms with Crippen molar-refractivity contribution in [3.8, 4) is 0 Å². The molecule has 76 valence electrons. The van der Waals surface area contributed by atoms with Crippen LogP contribution >= 0.6 is 11.3 Å². The Morgan fingerprint density at radius 1 is 1.57 bits per heavy atom. The first-order valence-electron chi connectivity index (χ1n) is 5.02. The van der Waals surface area contributed by atoms with Crippen LogP contribution in [-0.4, -0.2) is 11.1 Å². The van der Waals surface area contributed by atoms with Gasteiger partial charge in [-0.1, -0.05) is 12.5 Å². The lowest BCUT2D eigenvalue weighted by Crippen LogP contribution is -2.19. The van der Waals surface area contributed by atoms with Crippen molar-refractivity contribution in [1.82, 2.24) is 0 Å². The number of thiophene rings is 1. The minimum Gasteiger partial charge on any atom is -0.481 e. The average molecular weight is 210 g/mol. The average Bonchev–Trinajstić information content (AvgIpc) is 2.75. The molecule has 3 heteroatoms. The molecule has 14 heavy (non-hydrogen) atoms. The Bertz CT molecular complexity index is 305. The van der Waals surface area contributed by atoms with Crippen molar-refractivity contribution in [3.63, 3.8) is 0 Å². The zero-order valence-corrected chi connectivity index (χ0v) is 8.80. The van der Waals surface area contributed by atoms with Crippen molar-refractivity contribution in [2.75, 3.05) is 0 Å². The molecule has 0 amide bonds. The van der Waals surface area contributed by atoms with Gasteiger partial charge in [-0.05, 0) is 36.6 Å². The zero-order valence-electron chi connectivity index (χ0n) is 7.98. The molecule has 0 radical (unpaired) electrons. The molecule has 1 aromatic rings. The van der Waals surface area contributed by atoms with Gasteiger partial charge in [-0.3, -0.25) is 4.79 Å². The van der Waals surface area contributed by atoms with Crippen molar-refractivity contribution >= 4 is 17.3 Å². The number of carboxylic acids is 1. The Labute approximate surface area is 87.6 Å². The van der Waals surface area contributed by atoms with E-state index in [1.807, 2.05) is 6.07 Å². The Balaban J connectivity index is 2.00. The largest absolute Gasteiger partial charge is 0.481 e. The van der Waals surface area contributed by atoms with Gasteiger partial charge in [0.2, 0.25) is 0 Å². The fourth-order valence-electron chi connectivity index (χ4n) is 2.29. The highest BCUT2D eigenvalue weighted by atomic mass is 32.1. The lowest BCUT2D eigenvalue weighted by molar-refractivity contribution is -0.142. The lowest BCUT2D eigenvalue weighted by Gasteiger charge is -2.14. The number of hydrogen-bond acceptors (Lipinski definition) is 2. The van der Waals surface area contributed by atoms with Crippen LogP contribution in [0.5, 0.6) is 0 Å². The van der Waals surface area contributed by atoms with E-state index in [2.05, 4.69) is 11.4 Å². The molecular weight excluding hydrogens is 196 g/mol. The van der Waals surface area contributed by atoms with Gasteiger partial charge in [-0.15, -0.1) is 11.3 Å². The van der Waals surface area contributed by atoms with Crippen molar-refractivity contribution in [2.45, 2.75) is 25.7 Å². The molecule has 1 aliphatic carbocycles. The van der Waals surface area contributed by atoms with E-state index in [0.717, 1.165) is 25.7 Å². The summed E-state index contributed by atoms with van der Waals surface area (Å²) in [6.07, 6.45) is 3.97. The topological polar surface area (TPSA) is 37.3 Å². The molecule has 2 unspecified atom stereocenters. The monoisotopic (exact) mass is 210 g/mol. The molecule has 0 spiro atoms. The maximum absolute atomic E-state index is 10.9. The third-order valence-corrected chi connectivity index (χ3v) is 3.92. The highest BCUT2D eigenvalue weighted by Crippen LogP contribution is 2.35. The van der Waals surface area contributed by atoms with Gasteiger partial charge in [0.05, 0.1) is 5.92 Å². The Morgan fingerprint density at radius 3 is 3.07 bits per heavy atom. The molecule has 2 atom stereocenters. The minimum atomic E-state index is -0.607. The van der Waals surface area contributed by atoms with E-state index in [1.54, 1.807) is 11.3 Å². The third kappa shape index (κ3) is 1.98. The Kier molecular flexibility index (Phi) is 2.87. The minimum absolute atomic E-state index is 0.0999. The van der Waals surface area contributed by atoms with Crippen molar-refractivity contribution < 1.29 is 9.90 Å². The van der Waals surface area contributed by atoms with Crippen LogP contribution < -0.4 is 0 Å². The zero-order chi connectivity index (χ0) is 9.97. The van der Waals surface area contributed by atoms with Gasteiger partial charge >= 0.3 is 5.97 Å². The van der Waals surface area contributed by atoms with Gasteiger partial charge in [-0.25, -0.2) is 0 Å². The third-order valence-electron chi connectivity index (χ3n) is 3.02. The maximum atomic E-state index is 10.9. The fourth-order valence-corrected chi connectivity index (χ4v) is 3.09. The SMILES string of the molecule is O=C(O)C1CCCC1Cc1cccs1. The first-order chi connectivity index (χ1) is 6.77. The summed E-state index contributed by atoms with van der Waals surface area (Å²) < 4.78 is 0. The molecule has 1 heterocycles. The van der Waals surface area contributed by atoms with Crippen molar-refractivity contribution in [1.29, 1.82) is 0 Å². The van der Waals surface area contributed by atoms with Gasteiger partial charge in [0.15, 0.2) is 0 Å². The second-order valence-electron chi connectivity index (χ2n) is 3.92. The summed E-state index contributed by atoms with van der Waals surface area (Å²) in [6, 6.07) is 4.13. The van der Waals surface area contributed by atoms with E-state index in [-0.39, 0.29) is 5.92 Å². The molecule has 0 aromatic carbocycles. The quantitative estimate of drug-likeness (QED) is 0.833. The molecule has 1 aliphatic rings. The van der Waals surface area contributed by atoms with Crippen molar-refractivity contribution in [2.24, 2.45) is 11.8 Å². The van der Waals surface area contributed by atoms with Crippen LogP contribution in [-0.2, 0) is 11.2 Å². The highest BCUT2D eigenvalue weighted by Gasteiger charge is 2.32. The Morgan fingerprint density at radius 2 is 2.43 bits per heavy atom. The molecule has 1 fully saturated rings. The summed E-state index contributed by atoms with van der Waals surface area (Å²) in [6.45, 7) is 0. The van der Waals surface area contributed by atoms with Gasteiger partial charge in [0.25, 0.3) is 0 Å². The normalized spacial score (nSPS) is 26.6. The second-order valence-corrected chi connectivity index (χ2v) is 4.95. The lowest BCUT2D eigenvalue weighted by atomic mass is 9.92. The molecule has 1 saturated carbocycles. The first kappa shape index (κ1) is 9.71. The van der Waals surface area contributed by atoms with Crippen LogP contribution in [0.1, 0.15) is 24.1 Å². The van der Waals surface area contributed by atoms with E-state index >= 15 is 0 Å². The summed E-state index contributed by atoms with van der Waals surface area (Å²) in [5.74, 6) is -0.340. The summed E-state index contributed by atoms with van der Waals surface area (Å²) in [4.78, 5) is 12.3. The summed E-state index contributed by atoms with van der Waals surface area (Å²) >= 11 is 1.73. The van der Waals surface area contributed by atoms with Crippen LogP contribution in [0, 0.1) is 11.8 Å². The van der Waals surface area contributed by atoms with Gasteiger partial charge < -0.3 is 5.11 Å².